The molecule has 5 heteroatoms. The summed E-state index contributed by atoms with van der Waals surface area (Å²) in [6, 6.07) is 7.28. The molecule has 0 fully saturated rings. The predicted molar refractivity (Wildman–Crippen MR) is 78.5 cm³/mol. The summed E-state index contributed by atoms with van der Waals surface area (Å²) in [5.41, 5.74) is 6.01. The van der Waals surface area contributed by atoms with E-state index >= 15 is 0 Å². The van der Waals surface area contributed by atoms with E-state index in [4.69, 9.17) is 17.3 Å². The smallest absolute Gasteiger partial charge is 0.197 e. The predicted octanol–water partition coefficient (Wildman–Crippen LogP) is 4.26. The van der Waals surface area contributed by atoms with Gasteiger partial charge in [-0.15, -0.1) is 0 Å². The summed E-state index contributed by atoms with van der Waals surface area (Å²) in [6.45, 7) is 1.82. The van der Waals surface area contributed by atoms with Gasteiger partial charge in [-0.1, -0.05) is 24.6 Å². The number of hydrogen-bond donors (Lipinski definition) is 1. The molecule has 0 heterocycles. The Morgan fingerprint density at radius 2 is 1.81 bits per heavy atom. The van der Waals surface area contributed by atoms with E-state index in [1.165, 1.54) is 24.3 Å². The number of benzene rings is 2. The van der Waals surface area contributed by atoms with Gasteiger partial charge in [-0.3, -0.25) is 4.79 Å². The van der Waals surface area contributed by atoms with Gasteiger partial charge in [0.2, 0.25) is 0 Å². The molecule has 0 amide bonds. The Labute approximate surface area is 126 Å². The largest absolute Gasteiger partial charge is 0.324 e. The van der Waals surface area contributed by atoms with E-state index in [2.05, 4.69) is 0 Å². The molecule has 2 rings (SSSR count). The van der Waals surface area contributed by atoms with Crippen molar-refractivity contribution in [2.24, 2.45) is 5.73 Å². The van der Waals surface area contributed by atoms with Crippen LogP contribution in [0.15, 0.2) is 36.4 Å². The van der Waals surface area contributed by atoms with Crippen molar-refractivity contribution in [2.75, 3.05) is 0 Å². The molecular formula is C16H14ClF2NO. The zero-order chi connectivity index (χ0) is 15.6. The van der Waals surface area contributed by atoms with Gasteiger partial charge in [-0.25, -0.2) is 8.78 Å². The molecule has 0 aliphatic heterocycles. The van der Waals surface area contributed by atoms with Gasteiger partial charge < -0.3 is 5.73 Å². The maximum Gasteiger partial charge on any atom is 0.197 e. The standard InChI is InChI=1S/C16H14ClF2NO/c1-2-13(20)11-7-8-12(17)14(15(11)19)16(21)9-3-5-10(18)6-4-9/h3-8,13H,2,20H2,1H3/t13-/m1/s1. The normalized spacial score (nSPS) is 12.2. The van der Waals surface area contributed by atoms with Crippen molar-refractivity contribution in [1.29, 1.82) is 0 Å². The number of halogens is 3. The summed E-state index contributed by atoms with van der Waals surface area (Å²) < 4.78 is 27.4. The lowest BCUT2D eigenvalue weighted by Crippen LogP contribution is -2.14. The minimum Gasteiger partial charge on any atom is -0.324 e. The molecule has 0 aliphatic rings. The summed E-state index contributed by atoms with van der Waals surface area (Å²) in [5, 5.41) is 0.00822. The van der Waals surface area contributed by atoms with Crippen molar-refractivity contribution in [1.82, 2.24) is 0 Å². The highest BCUT2D eigenvalue weighted by Crippen LogP contribution is 2.28. The molecule has 2 N–H and O–H groups in total. The van der Waals surface area contributed by atoms with Crippen LogP contribution in [0.5, 0.6) is 0 Å². The molecule has 0 bridgehead atoms. The lowest BCUT2D eigenvalue weighted by atomic mass is 9.96. The van der Waals surface area contributed by atoms with Crippen molar-refractivity contribution in [3.63, 3.8) is 0 Å². The Kier molecular flexibility index (Phi) is 4.70. The summed E-state index contributed by atoms with van der Waals surface area (Å²) in [5.74, 6) is -1.78. The Morgan fingerprint density at radius 3 is 2.38 bits per heavy atom. The van der Waals surface area contributed by atoms with E-state index in [9.17, 15) is 13.6 Å². The van der Waals surface area contributed by atoms with Crippen LogP contribution in [0.25, 0.3) is 0 Å². The second-order valence-electron chi connectivity index (χ2n) is 4.68. The first-order valence-corrected chi connectivity index (χ1v) is 6.87. The Hall–Kier alpha value is -1.78. The summed E-state index contributed by atoms with van der Waals surface area (Å²) >= 11 is 5.95. The molecule has 0 saturated carbocycles. The number of rotatable bonds is 4. The average Bonchev–Trinajstić information content (AvgIpc) is 2.47. The Morgan fingerprint density at radius 1 is 1.19 bits per heavy atom. The third-order valence-electron chi connectivity index (χ3n) is 3.29. The van der Waals surface area contributed by atoms with E-state index in [1.54, 1.807) is 0 Å². The highest BCUT2D eigenvalue weighted by molar-refractivity contribution is 6.35. The van der Waals surface area contributed by atoms with E-state index in [-0.39, 0.29) is 21.7 Å². The van der Waals surface area contributed by atoms with Crippen LogP contribution in [0, 0.1) is 11.6 Å². The molecular weight excluding hydrogens is 296 g/mol. The van der Waals surface area contributed by atoms with Gasteiger partial charge in [-0.2, -0.15) is 0 Å². The summed E-state index contributed by atoms with van der Waals surface area (Å²) in [6.07, 6.45) is 0.530. The minimum atomic E-state index is -0.717. The maximum absolute atomic E-state index is 14.5. The van der Waals surface area contributed by atoms with Gasteiger partial charge in [0.1, 0.15) is 11.6 Å². The Balaban J connectivity index is 2.52. The van der Waals surface area contributed by atoms with Crippen molar-refractivity contribution < 1.29 is 13.6 Å². The molecule has 2 aromatic rings. The number of ketones is 1. The van der Waals surface area contributed by atoms with Gasteiger partial charge in [-0.05, 0) is 36.8 Å². The lowest BCUT2D eigenvalue weighted by Gasteiger charge is -2.14. The highest BCUT2D eigenvalue weighted by Gasteiger charge is 2.22. The van der Waals surface area contributed by atoms with Crippen LogP contribution in [0.2, 0.25) is 5.02 Å². The maximum atomic E-state index is 14.5. The SMILES string of the molecule is CC[C@@H](N)c1ccc(Cl)c(C(=O)c2ccc(F)cc2)c1F. The quantitative estimate of drug-likeness (QED) is 0.858. The highest BCUT2D eigenvalue weighted by atomic mass is 35.5. The Bertz CT molecular complexity index is 671. The van der Waals surface area contributed by atoms with Gasteiger partial charge in [0.15, 0.2) is 5.78 Å². The molecule has 0 spiro atoms. The van der Waals surface area contributed by atoms with Crippen LogP contribution >= 0.6 is 11.6 Å². The average molecular weight is 310 g/mol. The van der Waals surface area contributed by atoms with Crippen molar-refractivity contribution in [3.8, 4) is 0 Å². The minimum absolute atomic E-state index is 0.00822. The van der Waals surface area contributed by atoms with Crippen LogP contribution in [0.3, 0.4) is 0 Å². The number of carbonyl (C=O) groups is 1. The monoisotopic (exact) mass is 309 g/mol. The van der Waals surface area contributed by atoms with Gasteiger partial charge in [0, 0.05) is 17.2 Å². The van der Waals surface area contributed by atoms with Crippen LogP contribution < -0.4 is 5.73 Å². The first-order valence-electron chi connectivity index (χ1n) is 6.49. The second-order valence-corrected chi connectivity index (χ2v) is 5.08. The first-order chi connectivity index (χ1) is 9.95. The van der Waals surface area contributed by atoms with Crippen molar-refractivity contribution in [3.05, 3.63) is 69.7 Å². The second kappa shape index (κ2) is 6.33. The van der Waals surface area contributed by atoms with Gasteiger partial charge in [0.25, 0.3) is 0 Å². The molecule has 1 atom stereocenters. The molecule has 2 nitrogen and oxygen atoms in total. The van der Waals surface area contributed by atoms with Crippen molar-refractivity contribution in [2.45, 2.75) is 19.4 Å². The fraction of sp³-hybridized carbons (Fsp3) is 0.188. The molecule has 2 aromatic carbocycles. The topological polar surface area (TPSA) is 43.1 Å². The third kappa shape index (κ3) is 3.12. The van der Waals surface area contributed by atoms with E-state index in [0.29, 0.717) is 6.42 Å². The van der Waals surface area contributed by atoms with Crippen LogP contribution in [0.1, 0.15) is 40.9 Å². The fourth-order valence-corrected chi connectivity index (χ4v) is 2.26. The molecule has 0 aromatic heterocycles. The van der Waals surface area contributed by atoms with E-state index in [0.717, 1.165) is 12.1 Å². The van der Waals surface area contributed by atoms with Gasteiger partial charge in [0.05, 0.1) is 10.6 Å². The number of carbonyl (C=O) groups excluding carboxylic acids is 1. The fourth-order valence-electron chi connectivity index (χ4n) is 2.03. The third-order valence-corrected chi connectivity index (χ3v) is 3.61. The molecule has 0 aliphatic carbocycles. The van der Waals surface area contributed by atoms with Crippen LogP contribution in [0.4, 0.5) is 8.78 Å². The molecule has 0 radical (unpaired) electrons. The van der Waals surface area contributed by atoms with Crippen LogP contribution in [-0.2, 0) is 0 Å². The number of nitrogens with two attached hydrogens (primary N) is 1. The van der Waals surface area contributed by atoms with E-state index < -0.39 is 23.5 Å². The number of hydrogen-bond acceptors (Lipinski definition) is 2. The van der Waals surface area contributed by atoms with Crippen LogP contribution in [-0.4, -0.2) is 5.78 Å². The lowest BCUT2D eigenvalue weighted by molar-refractivity contribution is 0.103. The zero-order valence-corrected chi connectivity index (χ0v) is 12.1. The summed E-state index contributed by atoms with van der Waals surface area (Å²) in [4.78, 5) is 12.4. The first kappa shape index (κ1) is 15.6. The molecule has 21 heavy (non-hydrogen) atoms. The molecule has 110 valence electrons. The molecule has 0 saturated heterocycles. The van der Waals surface area contributed by atoms with Crippen molar-refractivity contribution >= 4 is 17.4 Å². The summed E-state index contributed by atoms with van der Waals surface area (Å²) in [7, 11) is 0. The van der Waals surface area contributed by atoms with E-state index in [1.807, 2.05) is 6.92 Å². The van der Waals surface area contributed by atoms with Gasteiger partial charge >= 0.3 is 0 Å². The molecule has 0 unspecified atom stereocenters. The zero-order valence-electron chi connectivity index (χ0n) is 11.4.